The van der Waals surface area contributed by atoms with E-state index in [-0.39, 0.29) is 23.9 Å². The van der Waals surface area contributed by atoms with Gasteiger partial charge in [-0.1, -0.05) is 31.0 Å². The molecule has 0 bridgehead atoms. The average molecular weight is 271 g/mol. The Morgan fingerprint density at radius 1 is 1.44 bits per heavy atom. The van der Waals surface area contributed by atoms with Gasteiger partial charge in [-0.2, -0.15) is 0 Å². The minimum atomic E-state index is -0.342. The maximum Gasteiger partial charge on any atom is 0.246 e. The maximum atomic E-state index is 12.4. The van der Waals surface area contributed by atoms with Crippen LogP contribution in [0.5, 0.6) is 0 Å². The van der Waals surface area contributed by atoms with Crippen molar-refractivity contribution >= 4 is 23.4 Å². The molecule has 2 amide bonds. The summed E-state index contributed by atoms with van der Waals surface area (Å²) in [6.07, 6.45) is 5.36. The Labute approximate surface area is 112 Å². The lowest BCUT2D eigenvalue weighted by Crippen LogP contribution is -2.63. The van der Waals surface area contributed by atoms with Crippen molar-refractivity contribution in [2.45, 2.75) is 44.7 Å². The van der Waals surface area contributed by atoms with E-state index in [1.165, 1.54) is 5.54 Å². The van der Waals surface area contributed by atoms with Crippen molar-refractivity contribution in [3.63, 3.8) is 0 Å². The highest BCUT2D eigenvalue weighted by Crippen LogP contribution is 2.35. The summed E-state index contributed by atoms with van der Waals surface area (Å²) in [5, 5.41) is 2.88. The second kappa shape index (κ2) is 5.74. The minimum absolute atomic E-state index is 0.0173. The number of rotatable bonds is 5. The summed E-state index contributed by atoms with van der Waals surface area (Å²) in [5.74, 6) is 0.369. The molecular formula is C13H19ClN2O2. The standard InChI is InChI=1S/C13H19ClN2O2/c1-2-4-10-12(17)15-11(9-5-6-9)13(18)16(10)8-3-7-14/h3,7,9-11H,2,4-6,8H2,1H3,(H,15,17)/b7-3+. The first-order chi connectivity index (χ1) is 8.69. The molecule has 2 aliphatic rings. The molecule has 2 unspecified atom stereocenters. The van der Waals surface area contributed by atoms with Crippen LogP contribution in [-0.4, -0.2) is 35.3 Å². The largest absolute Gasteiger partial charge is 0.342 e. The van der Waals surface area contributed by atoms with Crippen LogP contribution in [0, 0.1) is 5.92 Å². The molecule has 1 aliphatic carbocycles. The van der Waals surface area contributed by atoms with Crippen LogP contribution < -0.4 is 5.32 Å². The van der Waals surface area contributed by atoms with Gasteiger partial charge in [-0.25, -0.2) is 0 Å². The highest BCUT2D eigenvalue weighted by Gasteiger charge is 2.46. The lowest BCUT2D eigenvalue weighted by molar-refractivity contribution is -0.149. The molecule has 0 aromatic carbocycles. The van der Waals surface area contributed by atoms with Crippen LogP contribution in [0.15, 0.2) is 11.6 Å². The smallest absolute Gasteiger partial charge is 0.246 e. The van der Waals surface area contributed by atoms with Crippen molar-refractivity contribution < 1.29 is 9.59 Å². The molecule has 100 valence electrons. The molecule has 1 N–H and O–H groups in total. The highest BCUT2D eigenvalue weighted by atomic mass is 35.5. The van der Waals surface area contributed by atoms with Crippen LogP contribution in [0.25, 0.3) is 0 Å². The van der Waals surface area contributed by atoms with Gasteiger partial charge in [-0.15, -0.1) is 0 Å². The SMILES string of the molecule is CCCC1C(=O)NC(C2CC2)C(=O)N1C/C=C/Cl. The average Bonchev–Trinajstić information content (AvgIpc) is 3.17. The van der Waals surface area contributed by atoms with E-state index in [1.54, 1.807) is 11.0 Å². The van der Waals surface area contributed by atoms with Crippen molar-refractivity contribution in [3.05, 3.63) is 11.6 Å². The van der Waals surface area contributed by atoms with E-state index < -0.39 is 0 Å². The molecule has 0 spiro atoms. The maximum absolute atomic E-state index is 12.4. The third-order valence-electron chi connectivity index (χ3n) is 3.57. The molecule has 2 fully saturated rings. The molecule has 0 aromatic rings. The summed E-state index contributed by atoms with van der Waals surface area (Å²) in [6, 6.07) is -0.653. The molecule has 0 aromatic heterocycles. The molecule has 0 radical (unpaired) electrons. The number of nitrogens with zero attached hydrogens (tertiary/aromatic N) is 1. The number of carbonyl (C=O) groups is 2. The topological polar surface area (TPSA) is 49.4 Å². The van der Waals surface area contributed by atoms with Gasteiger partial charge in [0.25, 0.3) is 0 Å². The summed E-state index contributed by atoms with van der Waals surface area (Å²) >= 11 is 5.52. The Morgan fingerprint density at radius 3 is 2.72 bits per heavy atom. The van der Waals surface area contributed by atoms with Gasteiger partial charge in [-0.05, 0) is 25.2 Å². The molecule has 5 heteroatoms. The van der Waals surface area contributed by atoms with Crippen LogP contribution in [-0.2, 0) is 9.59 Å². The van der Waals surface area contributed by atoms with E-state index in [2.05, 4.69) is 5.32 Å². The van der Waals surface area contributed by atoms with Gasteiger partial charge < -0.3 is 10.2 Å². The van der Waals surface area contributed by atoms with Crippen LogP contribution in [0.4, 0.5) is 0 Å². The van der Waals surface area contributed by atoms with E-state index in [0.717, 1.165) is 19.3 Å². The third-order valence-corrected chi connectivity index (χ3v) is 3.75. The zero-order chi connectivity index (χ0) is 13.1. The number of hydrogen-bond acceptors (Lipinski definition) is 2. The predicted octanol–water partition coefficient (Wildman–Crippen LogP) is 1.64. The van der Waals surface area contributed by atoms with Crippen molar-refractivity contribution in [3.8, 4) is 0 Å². The monoisotopic (exact) mass is 270 g/mol. The molecule has 1 aliphatic heterocycles. The van der Waals surface area contributed by atoms with E-state index in [1.807, 2.05) is 6.92 Å². The molecule has 4 nitrogen and oxygen atoms in total. The van der Waals surface area contributed by atoms with Crippen molar-refractivity contribution in [1.29, 1.82) is 0 Å². The normalized spacial score (nSPS) is 28.9. The van der Waals surface area contributed by atoms with Crippen LogP contribution in [0.1, 0.15) is 32.6 Å². The van der Waals surface area contributed by atoms with Crippen molar-refractivity contribution in [2.75, 3.05) is 6.54 Å². The van der Waals surface area contributed by atoms with Gasteiger partial charge in [0.05, 0.1) is 0 Å². The van der Waals surface area contributed by atoms with E-state index in [0.29, 0.717) is 18.9 Å². The Balaban J connectivity index is 2.14. The second-order valence-corrected chi connectivity index (χ2v) is 5.23. The van der Waals surface area contributed by atoms with Gasteiger partial charge in [0.15, 0.2) is 0 Å². The summed E-state index contributed by atoms with van der Waals surface area (Å²) in [7, 11) is 0. The molecular weight excluding hydrogens is 252 g/mol. The molecule has 1 saturated carbocycles. The van der Waals surface area contributed by atoms with Gasteiger partial charge in [0.1, 0.15) is 12.1 Å². The number of carbonyl (C=O) groups excluding carboxylic acids is 2. The first-order valence-corrected chi connectivity index (χ1v) is 6.98. The van der Waals surface area contributed by atoms with E-state index in [9.17, 15) is 9.59 Å². The molecule has 1 heterocycles. The number of piperazine rings is 1. The Morgan fingerprint density at radius 2 is 2.17 bits per heavy atom. The first kappa shape index (κ1) is 13.4. The summed E-state index contributed by atoms with van der Waals surface area (Å²) < 4.78 is 0. The Hall–Kier alpha value is -1.03. The lowest BCUT2D eigenvalue weighted by Gasteiger charge is -2.38. The van der Waals surface area contributed by atoms with Crippen LogP contribution >= 0.6 is 11.6 Å². The number of hydrogen-bond donors (Lipinski definition) is 1. The van der Waals surface area contributed by atoms with Crippen LogP contribution in [0.2, 0.25) is 0 Å². The quantitative estimate of drug-likeness (QED) is 0.826. The fourth-order valence-corrected chi connectivity index (χ4v) is 2.54. The lowest BCUT2D eigenvalue weighted by atomic mass is 10.0. The molecule has 18 heavy (non-hydrogen) atoms. The van der Waals surface area contributed by atoms with Crippen molar-refractivity contribution in [1.82, 2.24) is 10.2 Å². The Bertz CT molecular complexity index is 366. The minimum Gasteiger partial charge on any atom is -0.342 e. The number of nitrogens with one attached hydrogen (secondary N) is 1. The molecule has 2 rings (SSSR count). The van der Waals surface area contributed by atoms with E-state index in [4.69, 9.17) is 11.6 Å². The summed E-state index contributed by atoms with van der Waals surface area (Å²) in [4.78, 5) is 26.1. The van der Waals surface area contributed by atoms with Crippen LogP contribution in [0.3, 0.4) is 0 Å². The zero-order valence-electron chi connectivity index (χ0n) is 10.6. The summed E-state index contributed by atoms with van der Waals surface area (Å²) in [6.45, 7) is 2.43. The number of amides is 2. The fourth-order valence-electron chi connectivity index (χ4n) is 2.47. The van der Waals surface area contributed by atoms with Crippen molar-refractivity contribution in [2.24, 2.45) is 5.92 Å². The van der Waals surface area contributed by atoms with Gasteiger partial charge in [-0.3, -0.25) is 9.59 Å². The number of halogens is 1. The summed E-state index contributed by atoms with van der Waals surface area (Å²) in [5.41, 5.74) is 1.40. The predicted molar refractivity (Wildman–Crippen MR) is 70.1 cm³/mol. The van der Waals surface area contributed by atoms with Gasteiger partial charge in [0, 0.05) is 12.1 Å². The Kier molecular flexibility index (Phi) is 4.27. The zero-order valence-corrected chi connectivity index (χ0v) is 11.3. The molecule has 2 atom stereocenters. The van der Waals surface area contributed by atoms with Gasteiger partial charge >= 0.3 is 0 Å². The fraction of sp³-hybridized carbons (Fsp3) is 0.692. The van der Waals surface area contributed by atoms with Gasteiger partial charge in [0.2, 0.25) is 11.8 Å². The highest BCUT2D eigenvalue weighted by molar-refractivity contribution is 6.25. The second-order valence-electron chi connectivity index (χ2n) is 4.98. The molecule has 1 saturated heterocycles. The first-order valence-electron chi connectivity index (χ1n) is 6.55. The van der Waals surface area contributed by atoms with E-state index >= 15 is 0 Å². The third kappa shape index (κ3) is 2.69.